The minimum Gasteiger partial charge on any atom is -0.391 e. The Balaban J connectivity index is 1.89. The van der Waals surface area contributed by atoms with E-state index in [4.69, 9.17) is 4.74 Å². The number of ether oxygens (including phenoxy) is 1. The number of hydrogen-bond acceptors (Lipinski definition) is 4. The van der Waals surface area contributed by atoms with Gasteiger partial charge in [0, 0.05) is 32.3 Å². The van der Waals surface area contributed by atoms with Gasteiger partial charge >= 0.3 is 0 Å². The van der Waals surface area contributed by atoms with Crippen molar-refractivity contribution in [3.05, 3.63) is 34.9 Å². The van der Waals surface area contributed by atoms with E-state index in [-0.39, 0.29) is 24.3 Å². The van der Waals surface area contributed by atoms with Gasteiger partial charge in [0.25, 0.3) is 5.91 Å². The second-order valence-electron chi connectivity index (χ2n) is 7.16. The number of benzene rings is 1. The normalized spacial score (nSPS) is 18.5. The SMILES string of the molecule is COC[C@@H](O)CCNC(=O)[C@@H]1CCCN(C(=O)c2cc(C)cc(C)c2)C1. The lowest BCUT2D eigenvalue weighted by atomic mass is 9.96. The molecule has 2 rings (SSSR count). The molecule has 144 valence electrons. The Morgan fingerprint density at radius 2 is 2.00 bits per heavy atom. The van der Waals surface area contributed by atoms with Crippen LogP contribution in [0.4, 0.5) is 0 Å². The van der Waals surface area contributed by atoms with Crippen molar-refractivity contribution >= 4 is 11.8 Å². The van der Waals surface area contributed by atoms with Crippen molar-refractivity contribution in [3.63, 3.8) is 0 Å². The van der Waals surface area contributed by atoms with E-state index in [9.17, 15) is 14.7 Å². The summed E-state index contributed by atoms with van der Waals surface area (Å²) >= 11 is 0. The van der Waals surface area contributed by atoms with E-state index >= 15 is 0 Å². The third-order valence-electron chi connectivity index (χ3n) is 4.68. The van der Waals surface area contributed by atoms with Crippen LogP contribution in [0.3, 0.4) is 0 Å². The number of aliphatic hydroxyl groups excluding tert-OH is 1. The van der Waals surface area contributed by atoms with Crippen LogP contribution in [-0.2, 0) is 9.53 Å². The number of rotatable bonds is 7. The van der Waals surface area contributed by atoms with E-state index in [0.717, 1.165) is 24.0 Å². The average molecular weight is 362 g/mol. The van der Waals surface area contributed by atoms with Crippen LogP contribution in [0.15, 0.2) is 18.2 Å². The molecule has 2 N–H and O–H groups in total. The predicted octanol–water partition coefficient (Wildman–Crippen LogP) is 1.67. The lowest BCUT2D eigenvalue weighted by molar-refractivity contribution is -0.126. The Hall–Kier alpha value is -1.92. The maximum Gasteiger partial charge on any atom is 0.253 e. The van der Waals surface area contributed by atoms with E-state index in [0.29, 0.717) is 31.6 Å². The monoisotopic (exact) mass is 362 g/mol. The Labute approximate surface area is 155 Å². The van der Waals surface area contributed by atoms with Gasteiger partial charge in [-0.15, -0.1) is 0 Å². The minimum absolute atomic E-state index is 0.00943. The third-order valence-corrected chi connectivity index (χ3v) is 4.68. The molecule has 1 aromatic carbocycles. The van der Waals surface area contributed by atoms with Crippen molar-refractivity contribution in [1.29, 1.82) is 0 Å². The molecular weight excluding hydrogens is 332 g/mol. The van der Waals surface area contributed by atoms with Gasteiger partial charge in [0.2, 0.25) is 5.91 Å². The molecule has 2 atom stereocenters. The fourth-order valence-electron chi connectivity index (χ4n) is 3.44. The van der Waals surface area contributed by atoms with Gasteiger partial charge in [-0.3, -0.25) is 9.59 Å². The second-order valence-corrected chi connectivity index (χ2v) is 7.16. The van der Waals surface area contributed by atoms with Crippen molar-refractivity contribution in [3.8, 4) is 0 Å². The molecule has 2 amide bonds. The molecule has 6 nitrogen and oxygen atoms in total. The summed E-state index contributed by atoms with van der Waals surface area (Å²) in [6.45, 7) is 5.76. The highest BCUT2D eigenvalue weighted by atomic mass is 16.5. The highest BCUT2D eigenvalue weighted by Crippen LogP contribution is 2.20. The van der Waals surface area contributed by atoms with Crippen LogP contribution in [0.25, 0.3) is 0 Å². The van der Waals surface area contributed by atoms with E-state index < -0.39 is 6.10 Å². The van der Waals surface area contributed by atoms with Crippen LogP contribution in [0, 0.1) is 19.8 Å². The van der Waals surface area contributed by atoms with Crippen LogP contribution in [-0.4, -0.2) is 61.3 Å². The third kappa shape index (κ3) is 5.81. The van der Waals surface area contributed by atoms with Crippen LogP contribution in [0.1, 0.15) is 40.7 Å². The number of carbonyl (C=O) groups excluding carboxylic acids is 2. The number of piperidine rings is 1. The summed E-state index contributed by atoms with van der Waals surface area (Å²) in [5.41, 5.74) is 2.81. The second kappa shape index (κ2) is 9.69. The smallest absolute Gasteiger partial charge is 0.253 e. The molecule has 1 saturated heterocycles. The Morgan fingerprint density at radius 3 is 2.65 bits per heavy atom. The summed E-state index contributed by atoms with van der Waals surface area (Å²) in [6.07, 6.45) is 1.48. The lowest BCUT2D eigenvalue weighted by Gasteiger charge is -2.32. The first kappa shape index (κ1) is 20.4. The molecule has 26 heavy (non-hydrogen) atoms. The van der Waals surface area contributed by atoms with E-state index in [1.165, 1.54) is 7.11 Å². The summed E-state index contributed by atoms with van der Waals surface area (Å²) in [4.78, 5) is 27.0. The number of aliphatic hydroxyl groups is 1. The number of aryl methyl sites for hydroxylation is 2. The van der Waals surface area contributed by atoms with Gasteiger partial charge in [-0.2, -0.15) is 0 Å². The van der Waals surface area contributed by atoms with Crippen LogP contribution in [0.2, 0.25) is 0 Å². The topological polar surface area (TPSA) is 78.9 Å². The van der Waals surface area contributed by atoms with Crippen molar-refractivity contribution < 1.29 is 19.4 Å². The number of carbonyl (C=O) groups is 2. The van der Waals surface area contributed by atoms with Gasteiger partial charge in [-0.1, -0.05) is 17.2 Å². The molecular formula is C20H30N2O4. The lowest BCUT2D eigenvalue weighted by Crippen LogP contribution is -2.45. The van der Waals surface area contributed by atoms with Gasteiger partial charge in [-0.25, -0.2) is 0 Å². The molecule has 0 bridgehead atoms. The first-order chi connectivity index (χ1) is 12.4. The van der Waals surface area contributed by atoms with Crippen LogP contribution >= 0.6 is 0 Å². The molecule has 0 saturated carbocycles. The largest absolute Gasteiger partial charge is 0.391 e. The molecule has 1 aliphatic rings. The summed E-state index contributed by atoms with van der Waals surface area (Å²) in [6, 6.07) is 5.84. The molecule has 1 aromatic rings. The number of nitrogens with one attached hydrogen (secondary N) is 1. The Kier molecular flexibility index (Phi) is 7.60. The fraction of sp³-hybridized carbons (Fsp3) is 0.600. The Bertz CT molecular complexity index is 612. The predicted molar refractivity (Wildman–Crippen MR) is 100 cm³/mol. The number of likely N-dealkylation sites (tertiary alicyclic amines) is 1. The molecule has 1 aliphatic heterocycles. The maximum atomic E-state index is 12.8. The van der Waals surface area contributed by atoms with Gasteiger partial charge in [-0.05, 0) is 45.2 Å². The van der Waals surface area contributed by atoms with E-state index in [2.05, 4.69) is 5.32 Å². The quantitative estimate of drug-likeness (QED) is 0.773. The molecule has 0 aliphatic carbocycles. The van der Waals surface area contributed by atoms with Crippen LogP contribution in [0.5, 0.6) is 0 Å². The molecule has 0 spiro atoms. The summed E-state index contributed by atoms with van der Waals surface area (Å²) in [5.74, 6) is -0.254. The number of methoxy groups -OCH3 is 1. The van der Waals surface area contributed by atoms with Crippen molar-refractivity contribution in [2.45, 2.75) is 39.2 Å². The summed E-state index contributed by atoms with van der Waals surface area (Å²) < 4.78 is 4.87. The van der Waals surface area contributed by atoms with Crippen molar-refractivity contribution in [2.75, 3.05) is 33.4 Å². The highest BCUT2D eigenvalue weighted by Gasteiger charge is 2.29. The summed E-state index contributed by atoms with van der Waals surface area (Å²) in [7, 11) is 1.53. The zero-order valence-corrected chi connectivity index (χ0v) is 16.0. The van der Waals surface area contributed by atoms with Gasteiger partial charge < -0.3 is 20.1 Å². The Morgan fingerprint density at radius 1 is 1.31 bits per heavy atom. The van der Waals surface area contributed by atoms with Gasteiger partial charge in [0.1, 0.15) is 0 Å². The molecule has 1 heterocycles. The molecule has 0 aromatic heterocycles. The first-order valence-electron chi connectivity index (χ1n) is 9.23. The minimum atomic E-state index is -0.575. The van der Waals surface area contributed by atoms with E-state index in [1.54, 1.807) is 4.90 Å². The highest BCUT2D eigenvalue weighted by molar-refractivity contribution is 5.95. The number of nitrogens with zero attached hydrogens (tertiary/aromatic N) is 1. The number of amides is 2. The maximum absolute atomic E-state index is 12.8. The standard InChI is InChI=1S/C20H30N2O4/c1-14-9-15(2)11-17(10-14)20(25)22-8-4-5-16(12-22)19(24)21-7-6-18(23)13-26-3/h9-11,16,18,23H,4-8,12-13H2,1-3H3,(H,21,24)/t16-,18+/m1/s1. The molecule has 6 heteroatoms. The number of hydrogen-bond donors (Lipinski definition) is 2. The molecule has 1 fully saturated rings. The van der Waals surface area contributed by atoms with Crippen LogP contribution < -0.4 is 5.32 Å². The zero-order valence-electron chi connectivity index (χ0n) is 16.0. The van der Waals surface area contributed by atoms with Gasteiger partial charge in [0.15, 0.2) is 0 Å². The van der Waals surface area contributed by atoms with E-state index in [1.807, 2.05) is 32.0 Å². The first-order valence-corrected chi connectivity index (χ1v) is 9.23. The molecule has 0 unspecified atom stereocenters. The molecule has 0 radical (unpaired) electrons. The zero-order chi connectivity index (χ0) is 19.1. The average Bonchev–Trinajstić information content (AvgIpc) is 2.60. The van der Waals surface area contributed by atoms with Crippen molar-refractivity contribution in [1.82, 2.24) is 10.2 Å². The van der Waals surface area contributed by atoms with Gasteiger partial charge in [0.05, 0.1) is 18.6 Å². The fourth-order valence-corrected chi connectivity index (χ4v) is 3.44. The van der Waals surface area contributed by atoms with Crippen molar-refractivity contribution in [2.24, 2.45) is 5.92 Å². The summed E-state index contributed by atoms with van der Waals surface area (Å²) in [5, 5.41) is 12.5.